The van der Waals surface area contributed by atoms with E-state index >= 15 is 0 Å². The molecule has 0 saturated heterocycles. The summed E-state index contributed by atoms with van der Waals surface area (Å²) in [5.41, 5.74) is 1.67. The highest BCUT2D eigenvalue weighted by Gasteiger charge is 2.51. The monoisotopic (exact) mass is 392 g/mol. The molecule has 144 valence electrons. The number of rotatable bonds is 8. The van der Waals surface area contributed by atoms with Crippen LogP contribution in [-0.4, -0.2) is 18.0 Å². The molecule has 1 fully saturated rings. The van der Waals surface area contributed by atoms with Crippen LogP contribution in [-0.2, 0) is 17.6 Å². The Balaban J connectivity index is 1.62. The molecule has 1 aromatic carbocycles. The van der Waals surface area contributed by atoms with Crippen LogP contribution < -0.4 is 10.1 Å². The summed E-state index contributed by atoms with van der Waals surface area (Å²) in [6.07, 6.45) is 16.0. The lowest BCUT2D eigenvalue weighted by atomic mass is 9.94. The number of carbonyl (C=O) groups is 1. The summed E-state index contributed by atoms with van der Waals surface area (Å²) in [7, 11) is 1.69. The second kappa shape index (κ2) is 8.90. The number of hydrogen-bond acceptors (Lipinski definition) is 4. The van der Waals surface area contributed by atoms with Crippen molar-refractivity contribution in [1.29, 1.82) is 0 Å². The van der Waals surface area contributed by atoms with Gasteiger partial charge in [-0.05, 0) is 62.0 Å². The summed E-state index contributed by atoms with van der Waals surface area (Å²) < 4.78 is 5.40. The van der Waals surface area contributed by atoms with Crippen molar-refractivity contribution in [3.05, 3.63) is 64.7 Å². The Labute approximate surface area is 170 Å². The Morgan fingerprint density at radius 3 is 2.86 bits per heavy atom. The van der Waals surface area contributed by atoms with Crippen molar-refractivity contribution >= 4 is 22.4 Å². The van der Waals surface area contributed by atoms with Gasteiger partial charge in [0, 0.05) is 11.1 Å². The smallest absolute Gasteiger partial charge is 0.236 e. The highest BCUT2D eigenvalue weighted by molar-refractivity contribution is 7.15. The first-order valence-electron chi connectivity index (χ1n) is 9.30. The van der Waals surface area contributed by atoms with E-state index in [1.54, 1.807) is 13.2 Å². The zero-order valence-corrected chi connectivity index (χ0v) is 17.0. The SMILES string of the molecule is C#C/C=C\C(=C/C)C1(C(=O)Nc2ncc(CCc3ccccc3OC)s2)CC1. The largest absolute Gasteiger partial charge is 0.496 e. The van der Waals surface area contributed by atoms with Crippen molar-refractivity contribution in [2.45, 2.75) is 32.6 Å². The van der Waals surface area contributed by atoms with Crippen LogP contribution in [0.3, 0.4) is 0 Å². The number of amides is 1. The van der Waals surface area contributed by atoms with Gasteiger partial charge in [0.15, 0.2) is 5.13 Å². The van der Waals surface area contributed by atoms with Gasteiger partial charge in [-0.15, -0.1) is 17.8 Å². The van der Waals surface area contributed by atoms with Crippen molar-refractivity contribution in [1.82, 2.24) is 4.98 Å². The lowest BCUT2D eigenvalue weighted by Crippen LogP contribution is -2.25. The maximum atomic E-state index is 12.8. The minimum atomic E-state index is -0.467. The number of benzene rings is 1. The number of aromatic nitrogens is 1. The molecule has 0 radical (unpaired) electrons. The summed E-state index contributed by atoms with van der Waals surface area (Å²) in [5.74, 6) is 3.38. The Hall–Kier alpha value is -2.84. The minimum absolute atomic E-state index is 0.00657. The van der Waals surface area contributed by atoms with Gasteiger partial charge in [-0.25, -0.2) is 4.98 Å². The van der Waals surface area contributed by atoms with Crippen LogP contribution in [0, 0.1) is 17.8 Å². The van der Waals surface area contributed by atoms with E-state index in [0.717, 1.165) is 41.9 Å². The molecule has 1 amide bonds. The number of hydrogen-bond donors (Lipinski definition) is 1. The van der Waals surface area contributed by atoms with Gasteiger partial charge in [0.1, 0.15) is 5.75 Å². The Morgan fingerprint density at radius 1 is 1.39 bits per heavy atom. The molecule has 4 nitrogen and oxygen atoms in total. The third kappa shape index (κ3) is 4.35. The third-order valence-electron chi connectivity index (χ3n) is 5.01. The van der Waals surface area contributed by atoms with Crippen LogP contribution in [0.5, 0.6) is 5.75 Å². The molecule has 0 bridgehead atoms. The molecule has 1 saturated carbocycles. The lowest BCUT2D eigenvalue weighted by molar-refractivity contribution is -0.119. The summed E-state index contributed by atoms with van der Waals surface area (Å²) >= 11 is 1.52. The molecule has 0 spiro atoms. The van der Waals surface area contributed by atoms with Crippen LogP contribution in [0.4, 0.5) is 5.13 Å². The molecule has 1 aliphatic rings. The Morgan fingerprint density at radius 2 is 2.18 bits per heavy atom. The predicted molar refractivity (Wildman–Crippen MR) is 115 cm³/mol. The van der Waals surface area contributed by atoms with E-state index in [1.165, 1.54) is 16.9 Å². The average Bonchev–Trinajstić information content (AvgIpc) is 3.41. The van der Waals surface area contributed by atoms with Crippen LogP contribution in [0.15, 0.2) is 54.3 Å². The van der Waals surface area contributed by atoms with E-state index in [1.807, 2.05) is 43.5 Å². The van der Waals surface area contributed by atoms with E-state index in [4.69, 9.17) is 11.2 Å². The van der Waals surface area contributed by atoms with Crippen LogP contribution in [0.2, 0.25) is 0 Å². The number of carbonyl (C=O) groups excluding carboxylic acids is 1. The molecule has 2 aromatic rings. The van der Waals surface area contributed by atoms with Crippen LogP contribution in [0.25, 0.3) is 0 Å². The maximum absolute atomic E-state index is 12.8. The third-order valence-corrected chi connectivity index (χ3v) is 5.99. The van der Waals surface area contributed by atoms with Gasteiger partial charge in [-0.3, -0.25) is 4.79 Å². The summed E-state index contributed by atoms with van der Waals surface area (Å²) in [4.78, 5) is 18.4. The number of terminal acetylenes is 1. The lowest BCUT2D eigenvalue weighted by Gasteiger charge is -2.15. The molecule has 0 atom stereocenters. The van der Waals surface area contributed by atoms with Gasteiger partial charge in [0.05, 0.1) is 12.5 Å². The highest BCUT2D eigenvalue weighted by atomic mass is 32.1. The number of anilines is 1. The number of nitrogens with one attached hydrogen (secondary N) is 1. The van der Waals surface area contributed by atoms with Crippen molar-refractivity contribution in [2.24, 2.45) is 5.41 Å². The fourth-order valence-corrected chi connectivity index (χ4v) is 4.11. The van der Waals surface area contributed by atoms with E-state index in [2.05, 4.69) is 22.3 Å². The Bertz CT molecular complexity index is 946. The molecule has 1 heterocycles. The maximum Gasteiger partial charge on any atom is 0.236 e. The summed E-state index contributed by atoms with van der Waals surface area (Å²) in [5, 5.41) is 3.64. The van der Waals surface area contributed by atoms with E-state index in [-0.39, 0.29) is 5.91 Å². The zero-order chi connectivity index (χ0) is 20.0. The van der Waals surface area contributed by atoms with Gasteiger partial charge in [0.2, 0.25) is 5.91 Å². The quantitative estimate of drug-likeness (QED) is 0.519. The number of nitrogens with zero attached hydrogens (tertiary/aromatic N) is 1. The molecule has 0 aliphatic heterocycles. The number of aryl methyl sites for hydroxylation is 2. The number of ether oxygens (including phenoxy) is 1. The van der Waals surface area contributed by atoms with Gasteiger partial charge >= 0.3 is 0 Å². The van der Waals surface area contributed by atoms with Gasteiger partial charge < -0.3 is 10.1 Å². The number of methoxy groups -OCH3 is 1. The van der Waals surface area contributed by atoms with Crippen LogP contribution >= 0.6 is 11.3 Å². The fourth-order valence-electron chi connectivity index (χ4n) is 3.31. The first-order valence-corrected chi connectivity index (χ1v) is 10.1. The number of para-hydroxylation sites is 1. The van der Waals surface area contributed by atoms with E-state index in [9.17, 15) is 4.79 Å². The number of allylic oxidation sites excluding steroid dienone is 3. The van der Waals surface area contributed by atoms with Crippen molar-refractivity contribution in [3.8, 4) is 18.1 Å². The van der Waals surface area contributed by atoms with E-state index < -0.39 is 5.41 Å². The van der Waals surface area contributed by atoms with Crippen molar-refractivity contribution < 1.29 is 9.53 Å². The van der Waals surface area contributed by atoms with Crippen LogP contribution in [0.1, 0.15) is 30.2 Å². The standard InChI is InChI=1S/C23H24N2O2S/c1-4-6-10-18(5-2)23(14-15-23)21(26)25-22-24-16-19(28-22)13-12-17-9-7-8-11-20(17)27-3/h1,5-11,16H,12-15H2,2-3H3,(H,24,25,26)/b10-6-,18-5+. The second-order valence-corrected chi connectivity index (χ2v) is 7.84. The summed E-state index contributed by atoms with van der Waals surface area (Å²) in [6, 6.07) is 8.02. The highest BCUT2D eigenvalue weighted by Crippen LogP contribution is 2.53. The van der Waals surface area contributed by atoms with E-state index in [0.29, 0.717) is 5.13 Å². The topological polar surface area (TPSA) is 51.2 Å². The molecule has 1 N–H and O–H groups in total. The number of thiazole rings is 1. The van der Waals surface area contributed by atoms with Crippen molar-refractivity contribution in [2.75, 3.05) is 12.4 Å². The minimum Gasteiger partial charge on any atom is -0.496 e. The molecular formula is C23H24N2O2S. The first-order chi connectivity index (χ1) is 13.6. The molecular weight excluding hydrogens is 368 g/mol. The average molecular weight is 393 g/mol. The van der Waals surface area contributed by atoms with Gasteiger partial charge in [0.25, 0.3) is 0 Å². The Kier molecular flexibility index (Phi) is 6.33. The molecule has 5 heteroatoms. The molecule has 1 aliphatic carbocycles. The first kappa shape index (κ1) is 19.9. The zero-order valence-electron chi connectivity index (χ0n) is 16.2. The molecule has 28 heavy (non-hydrogen) atoms. The molecule has 1 aromatic heterocycles. The van der Waals surface area contributed by atoms with Gasteiger partial charge in [-0.1, -0.05) is 30.2 Å². The fraction of sp³-hybridized carbons (Fsp3) is 0.304. The van der Waals surface area contributed by atoms with Gasteiger partial charge in [-0.2, -0.15) is 0 Å². The van der Waals surface area contributed by atoms with Crippen molar-refractivity contribution in [3.63, 3.8) is 0 Å². The molecule has 3 rings (SSSR count). The normalized spacial score (nSPS) is 15.2. The molecule has 0 unspecified atom stereocenters. The summed E-state index contributed by atoms with van der Waals surface area (Å²) in [6.45, 7) is 1.93. The predicted octanol–water partition coefficient (Wildman–Crippen LogP) is 4.79. The second-order valence-electron chi connectivity index (χ2n) is 6.72.